The van der Waals surface area contributed by atoms with E-state index in [9.17, 15) is 10.1 Å². The molecule has 2 aliphatic rings. The van der Waals surface area contributed by atoms with Crippen molar-refractivity contribution >= 4 is 34.0 Å². The summed E-state index contributed by atoms with van der Waals surface area (Å²) in [6.45, 7) is 2.66. The highest BCUT2D eigenvalue weighted by Crippen LogP contribution is 2.47. The molecule has 0 bridgehead atoms. The second kappa shape index (κ2) is 9.54. The van der Waals surface area contributed by atoms with E-state index in [0.717, 1.165) is 26.6 Å². The third-order valence-electron chi connectivity index (χ3n) is 6.05. The monoisotopic (exact) mass is 507 g/mol. The Morgan fingerprint density at radius 3 is 2.74 bits per heavy atom. The van der Waals surface area contributed by atoms with Crippen LogP contribution in [0.5, 0.6) is 0 Å². The summed E-state index contributed by atoms with van der Waals surface area (Å²) < 4.78 is 5.50. The number of carbonyl (C=O) groups excluding carboxylic acids is 1. The van der Waals surface area contributed by atoms with Crippen LogP contribution in [-0.2, 0) is 9.61 Å². The van der Waals surface area contributed by atoms with Crippen molar-refractivity contribution in [3.8, 4) is 27.9 Å². The Kier molecular flexibility index (Phi) is 6.30. The maximum Gasteiger partial charge on any atom is 0.312 e. The lowest BCUT2D eigenvalue weighted by atomic mass is 9.86. The second-order valence-electron chi connectivity index (χ2n) is 8.11. The van der Waals surface area contributed by atoms with Gasteiger partial charge in [0.15, 0.2) is 5.82 Å². The normalized spacial score (nSPS) is 21.6. The number of nitriles is 1. The highest BCUT2D eigenvalue weighted by molar-refractivity contribution is 7.20. The van der Waals surface area contributed by atoms with Crippen LogP contribution in [0, 0.1) is 11.3 Å². The molecular weight excluding hydrogens is 486 g/mol. The largest absolute Gasteiger partial charge is 0.378 e. The fourth-order valence-corrected chi connectivity index (χ4v) is 5.96. The summed E-state index contributed by atoms with van der Waals surface area (Å²) in [7, 11) is 0. The van der Waals surface area contributed by atoms with E-state index in [0.29, 0.717) is 37.7 Å². The number of benzene rings is 1. The number of H-pyrrole nitrogens is 1. The van der Waals surface area contributed by atoms with Crippen molar-refractivity contribution in [1.82, 2.24) is 20.5 Å². The molecule has 1 aliphatic heterocycles. The number of thiophene rings is 1. The number of aromatic nitrogens is 3. The minimum absolute atomic E-state index is 0.508. The number of nitrogens with one attached hydrogen (secondary N) is 2. The quantitative estimate of drug-likeness (QED) is 0.452. The number of anilines is 1. The maximum absolute atomic E-state index is 11.5. The van der Waals surface area contributed by atoms with Gasteiger partial charge in [0.2, 0.25) is 0 Å². The minimum Gasteiger partial charge on any atom is -0.378 e. The molecule has 2 amide bonds. The predicted octanol–water partition coefficient (Wildman–Crippen LogP) is 3.51. The molecule has 2 atom stereocenters. The molecule has 1 aliphatic carbocycles. The van der Waals surface area contributed by atoms with E-state index >= 15 is 0 Å². The molecule has 2 unspecified atom stereocenters. The van der Waals surface area contributed by atoms with Gasteiger partial charge in [0.1, 0.15) is 22.3 Å². The zero-order valence-corrected chi connectivity index (χ0v) is 20.1. The average molecular weight is 508 g/mol. The van der Waals surface area contributed by atoms with E-state index in [-0.39, 0.29) is 0 Å². The molecule has 35 heavy (non-hydrogen) atoms. The minimum atomic E-state index is -0.998. The molecule has 3 aromatic rings. The predicted molar refractivity (Wildman–Crippen MR) is 135 cm³/mol. The highest BCUT2D eigenvalue weighted by Gasteiger charge is 2.37. The topological polar surface area (TPSA) is 133 Å². The number of rotatable bonds is 5. The number of urea groups is 1. The lowest BCUT2D eigenvalue weighted by Gasteiger charge is -2.33. The second-order valence-corrected chi connectivity index (χ2v) is 9.73. The number of allylic oxidation sites excluding steroid dienone is 2. The Labute approximate surface area is 210 Å². The van der Waals surface area contributed by atoms with Crippen molar-refractivity contribution in [1.29, 1.82) is 5.26 Å². The Hall–Kier alpha value is -3.65. The van der Waals surface area contributed by atoms with Crippen molar-refractivity contribution < 1.29 is 9.53 Å². The number of morpholine rings is 1. The van der Waals surface area contributed by atoms with Gasteiger partial charge in [-0.3, -0.25) is 5.10 Å². The number of halogens is 1. The molecule has 9 nitrogen and oxygen atoms in total. The van der Waals surface area contributed by atoms with Gasteiger partial charge in [0.25, 0.3) is 0 Å². The summed E-state index contributed by atoms with van der Waals surface area (Å²) in [6, 6.07) is 8.92. The first-order chi connectivity index (χ1) is 17.0. The van der Waals surface area contributed by atoms with Crippen LogP contribution in [0.25, 0.3) is 21.8 Å². The fraction of sp³-hybridized carbons (Fsp3) is 0.250. The van der Waals surface area contributed by atoms with Gasteiger partial charge in [-0.15, -0.1) is 22.9 Å². The van der Waals surface area contributed by atoms with Gasteiger partial charge in [0, 0.05) is 18.7 Å². The van der Waals surface area contributed by atoms with E-state index in [1.807, 2.05) is 42.5 Å². The number of ether oxygens (including phenoxy) is 1. The van der Waals surface area contributed by atoms with Crippen LogP contribution in [0.3, 0.4) is 0 Å². The highest BCUT2D eigenvalue weighted by atomic mass is 35.5. The number of aromatic amines is 1. The van der Waals surface area contributed by atoms with Gasteiger partial charge in [-0.25, -0.2) is 9.78 Å². The standard InChI is InChI=1S/C24H22ClN7O2S/c25-24(8-2-1-3-18(24)30-23(27)33)16-6-4-15(5-7-16)19-17(13-26)22(32-9-11-34-12-10-32)35-20(19)21-28-14-29-31-21/h1-8,14,18H,9-12H2,(H3,27,30,33)(H,28,29,31). The molecule has 5 rings (SSSR count). The van der Waals surface area contributed by atoms with E-state index in [1.165, 1.54) is 17.7 Å². The summed E-state index contributed by atoms with van der Waals surface area (Å²) in [4.78, 5) is 17.9. The number of carbonyl (C=O) groups is 1. The van der Waals surface area contributed by atoms with Gasteiger partial charge < -0.3 is 20.7 Å². The Bertz CT molecular complexity index is 1320. The number of alkyl halides is 1. The number of nitrogens with two attached hydrogens (primary N) is 1. The molecule has 11 heteroatoms. The van der Waals surface area contributed by atoms with Gasteiger partial charge in [-0.2, -0.15) is 10.4 Å². The fourth-order valence-electron chi connectivity index (χ4n) is 4.36. The van der Waals surface area contributed by atoms with Crippen LogP contribution in [0.2, 0.25) is 0 Å². The third kappa shape index (κ3) is 4.30. The van der Waals surface area contributed by atoms with Crippen molar-refractivity contribution in [3.05, 3.63) is 66.0 Å². The zero-order chi connectivity index (χ0) is 24.4. The lowest BCUT2D eigenvalue weighted by molar-refractivity contribution is 0.123. The van der Waals surface area contributed by atoms with E-state index in [1.54, 1.807) is 6.08 Å². The molecule has 2 aromatic heterocycles. The zero-order valence-electron chi connectivity index (χ0n) is 18.6. The summed E-state index contributed by atoms with van der Waals surface area (Å²) in [5.41, 5.74) is 8.37. The molecule has 0 spiro atoms. The van der Waals surface area contributed by atoms with Crippen LogP contribution < -0.4 is 16.0 Å². The number of amides is 2. The molecule has 1 fully saturated rings. The van der Waals surface area contributed by atoms with Gasteiger partial charge in [-0.1, -0.05) is 48.6 Å². The van der Waals surface area contributed by atoms with Crippen LogP contribution in [0.1, 0.15) is 11.1 Å². The summed E-state index contributed by atoms with van der Waals surface area (Å²) >= 11 is 8.50. The Balaban J connectivity index is 1.58. The Morgan fingerprint density at radius 1 is 1.31 bits per heavy atom. The first-order valence-corrected chi connectivity index (χ1v) is 12.2. The SMILES string of the molecule is N#Cc1c(N2CCOCC2)sc(-c2ncn[nH]2)c1-c1ccc(C2(Cl)C=CC=CC2NC(N)=O)cc1. The van der Waals surface area contributed by atoms with E-state index < -0.39 is 16.9 Å². The first kappa shape index (κ1) is 23.1. The number of nitrogens with zero attached hydrogens (tertiary/aromatic N) is 4. The van der Waals surface area contributed by atoms with Gasteiger partial charge >= 0.3 is 6.03 Å². The van der Waals surface area contributed by atoms with Crippen molar-refractivity contribution in [2.75, 3.05) is 31.2 Å². The van der Waals surface area contributed by atoms with Crippen LogP contribution in [0.15, 0.2) is 54.9 Å². The molecule has 3 heterocycles. The van der Waals surface area contributed by atoms with E-state index in [4.69, 9.17) is 22.1 Å². The lowest BCUT2D eigenvalue weighted by Crippen LogP contribution is -2.48. The summed E-state index contributed by atoms with van der Waals surface area (Å²) in [6.07, 6.45) is 8.73. The van der Waals surface area contributed by atoms with Crippen LogP contribution in [0.4, 0.5) is 9.80 Å². The molecule has 1 aromatic carbocycles. The van der Waals surface area contributed by atoms with Crippen molar-refractivity contribution in [2.45, 2.75) is 10.9 Å². The van der Waals surface area contributed by atoms with Crippen molar-refractivity contribution in [3.63, 3.8) is 0 Å². The van der Waals surface area contributed by atoms with Crippen LogP contribution >= 0.6 is 22.9 Å². The summed E-state index contributed by atoms with van der Waals surface area (Å²) in [5.74, 6) is 0.602. The molecular formula is C24H22ClN7O2S. The third-order valence-corrected chi connectivity index (χ3v) is 7.89. The van der Waals surface area contributed by atoms with E-state index in [2.05, 4.69) is 31.5 Å². The average Bonchev–Trinajstić information content (AvgIpc) is 3.54. The molecule has 0 saturated carbocycles. The number of primary amides is 1. The van der Waals surface area contributed by atoms with Crippen molar-refractivity contribution in [2.24, 2.45) is 5.73 Å². The van der Waals surface area contributed by atoms with Gasteiger partial charge in [-0.05, 0) is 11.1 Å². The molecule has 1 saturated heterocycles. The Morgan fingerprint density at radius 2 is 2.09 bits per heavy atom. The number of hydrogen-bond acceptors (Lipinski definition) is 7. The van der Waals surface area contributed by atoms with Gasteiger partial charge in [0.05, 0.1) is 29.7 Å². The van der Waals surface area contributed by atoms with Crippen LogP contribution in [-0.4, -0.2) is 53.6 Å². The molecule has 178 valence electrons. The first-order valence-electron chi connectivity index (χ1n) is 11.0. The smallest absolute Gasteiger partial charge is 0.312 e. The maximum atomic E-state index is 11.5. The summed E-state index contributed by atoms with van der Waals surface area (Å²) in [5, 5.41) is 20.7. The molecule has 4 N–H and O–H groups in total. The number of hydrogen-bond donors (Lipinski definition) is 3. The molecule has 0 radical (unpaired) electrons.